The fourth-order valence-corrected chi connectivity index (χ4v) is 3.93. The van der Waals surface area contributed by atoms with Gasteiger partial charge >= 0.3 is 0 Å². The fraction of sp³-hybridized carbons (Fsp3) is 0.500. The molecule has 0 aliphatic carbocycles. The number of hydrogen-bond acceptors (Lipinski definition) is 2. The van der Waals surface area contributed by atoms with Gasteiger partial charge in [-0.25, -0.2) is 0 Å². The standard InChI is InChI=1S/C24H34N2O/c1-19(2)18-27-23-13-9-12-22(16-23)24(21-10-5-4-6-11-21)25-20(3)17-26-14-7-8-15-26/h4-6,9-13,16,19-20,24-25H,7-8,14-15,17-18H2,1-3H3/p+1. The lowest BCUT2D eigenvalue weighted by Gasteiger charge is -2.26. The summed E-state index contributed by atoms with van der Waals surface area (Å²) in [5.74, 6) is 1.49. The third kappa shape index (κ3) is 6.08. The highest BCUT2D eigenvalue weighted by Gasteiger charge is 2.22. The molecule has 0 spiro atoms. The lowest BCUT2D eigenvalue weighted by atomic mass is 9.97. The average Bonchev–Trinajstić information content (AvgIpc) is 3.18. The van der Waals surface area contributed by atoms with E-state index in [9.17, 15) is 0 Å². The van der Waals surface area contributed by atoms with Crippen molar-refractivity contribution in [3.05, 3.63) is 65.7 Å². The van der Waals surface area contributed by atoms with Crippen molar-refractivity contribution in [2.75, 3.05) is 26.2 Å². The van der Waals surface area contributed by atoms with E-state index in [-0.39, 0.29) is 6.04 Å². The molecular formula is C24H35N2O+. The number of quaternary nitrogens is 1. The Hall–Kier alpha value is -1.84. The molecule has 0 saturated carbocycles. The summed E-state index contributed by atoms with van der Waals surface area (Å²) >= 11 is 0. The Morgan fingerprint density at radius 2 is 1.63 bits per heavy atom. The summed E-state index contributed by atoms with van der Waals surface area (Å²) in [6.45, 7) is 11.3. The smallest absolute Gasteiger partial charge is 0.119 e. The summed E-state index contributed by atoms with van der Waals surface area (Å²) in [5, 5.41) is 3.89. The highest BCUT2D eigenvalue weighted by atomic mass is 16.5. The Bertz CT molecular complexity index is 680. The van der Waals surface area contributed by atoms with Gasteiger partial charge in [0.05, 0.1) is 38.3 Å². The van der Waals surface area contributed by atoms with Gasteiger partial charge < -0.3 is 9.64 Å². The number of nitrogens with one attached hydrogen (secondary N) is 2. The van der Waals surface area contributed by atoms with E-state index in [4.69, 9.17) is 4.74 Å². The number of benzene rings is 2. The van der Waals surface area contributed by atoms with Crippen LogP contribution in [0.5, 0.6) is 5.75 Å². The zero-order chi connectivity index (χ0) is 19.1. The predicted octanol–water partition coefficient (Wildman–Crippen LogP) is 3.47. The quantitative estimate of drug-likeness (QED) is 0.710. The van der Waals surface area contributed by atoms with E-state index >= 15 is 0 Å². The number of ether oxygens (including phenoxy) is 1. The average molecular weight is 368 g/mol. The Morgan fingerprint density at radius 1 is 0.926 bits per heavy atom. The van der Waals surface area contributed by atoms with Crippen molar-refractivity contribution in [1.29, 1.82) is 0 Å². The third-order valence-corrected chi connectivity index (χ3v) is 5.26. The van der Waals surface area contributed by atoms with Gasteiger partial charge in [0.25, 0.3) is 0 Å². The van der Waals surface area contributed by atoms with Crippen LogP contribution < -0.4 is 15.0 Å². The third-order valence-electron chi connectivity index (χ3n) is 5.26. The Morgan fingerprint density at radius 3 is 2.33 bits per heavy atom. The van der Waals surface area contributed by atoms with Gasteiger partial charge in [0, 0.05) is 12.8 Å². The topological polar surface area (TPSA) is 25.7 Å². The van der Waals surface area contributed by atoms with Gasteiger partial charge in [0.15, 0.2) is 0 Å². The van der Waals surface area contributed by atoms with E-state index in [0.29, 0.717) is 12.0 Å². The van der Waals surface area contributed by atoms with Gasteiger partial charge in [-0.1, -0.05) is 56.3 Å². The van der Waals surface area contributed by atoms with E-state index in [2.05, 4.69) is 80.7 Å². The molecule has 2 N–H and O–H groups in total. The van der Waals surface area contributed by atoms with Crippen LogP contribution in [0, 0.1) is 5.92 Å². The molecule has 27 heavy (non-hydrogen) atoms. The first-order chi connectivity index (χ1) is 13.1. The molecular weight excluding hydrogens is 332 g/mol. The minimum atomic E-state index is 0.186. The molecule has 3 nitrogen and oxygen atoms in total. The molecule has 1 aliphatic rings. The zero-order valence-corrected chi connectivity index (χ0v) is 17.1. The Kier molecular flexibility index (Phi) is 7.31. The van der Waals surface area contributed by atoms with Gasteiger partial charge in [-0.3, -0.25) is 5.32 Å². The largest absolute Gasteiger partial charge is 0.493 e. The molecule has 1 saturated heterocycles. The molecule has 1 fully saturated rings. The first kappa shape index (κ1) is 19.9. The minimum Gasteiger partial charge on any atom is -0.493 e. The number of hydrogen-bond donors (Lipinski definition) is 2. The summed E-state index contributed by atoms with van der Waals surface area (Å²) in [5.41, 5.74) is 2.58. The van der Waals surface area contributed by atoms with Gasteiger partial charge in [-0.05, 0) is 36.1 Å². The van der Waals surface area contributed by atoms with E-state index in [1.807, 2.05) is 0 Å². The highest BCUT2D eigenvalue weighted by Crippen LogP contribution is 2.26. The molecule has 3 heteroatoms. The highest BCUT2D eigenvalue weighted by molar-refractivity contribution is 5.36. The lowest BCUT2D eigenvalue weighted by molar-refractivity contribution is -0.888. The monoisotopic (exact) mass is 367 g/mol. The Labute approximate surface area is 164 Å². The number of likely N-dealkylation sites (tertiary alicyclic amines) is 1. The molecule has 2 aromatic carbocycles. The molecule has 0 amide bonds. The molecule has 0 bridgehead atoms. The summed E-state index contributed by atoms with van der Waals surface area (Å²) in [6, 6.07) is 20.0. The van der Waals surface area contributed by atoms with E-state index in [1.165, 1.54) is 43.6 Å². The zero-order valence-electron chi connectivity index (χ0n) is 17.1. The van der Waals surface area contributed by atoms with Crippen LogP contribution in [0.1, 0.15) is 50.8 Å². The lowest BCUT2D eigenvalue weighted by Crippen LogP contribution is -3.11. The molecule has 0 radical (unpaired) electrons. The van der Waals surface area contributed by atoms with E-state index in [1.54, 1.807) is 4.90 Å². The molecule has 1 aliphatic heterocycles. The molecule has 3 rings (SSSR count). The molecule has 2 unspecified atom stereocenters. The van der Waals surface area contributed by atoms with Gasteiger partial charge in [-0.15, -0.1) is 0 Å². The maximum atomic E-state index is 5.97. The molecule has 146 valence electrons. The van der Waals surface area contributed by atoms with Crippen molar-refractivity contribution >= 4 is 0 Å². The second-order valence-corrected chi connectivity index (χ2v) is 8.35. The van der Waals surface area contributed by atoms with Crippen molar-refractivity contribution in [3.63, 3.8) is 0 Å². The van der Waals surface area contributed by atoms with Crippen LogP contribution in [0.4, 0.5) is 0 Å². The van der Waals surface area contributed by atoms with Gasteiger partial charge in [-0.2, -0.15) is 0 Å². The van der Waals surface area contributed by atoms with Crippen LogP contribution in [0.15, 0.2) is 54.6 Å². The summed E-state index contributed by atoms with van der Waals surface area (Å²) in [4.78, 5) is 1.73. The van der Waals surface area contributed by atoms with E-state index < -0.39 is 0 Å². The van der Waals surface area contributed by atoms with Crippen molar-refractivity contribution < 1.29 is 9.64 Å². The van der Waals surface area contributed by atoms with Crippen LogP contribution >= 0.6 is 0 Å². The second-order valence-electron chi connectivity index (χ2n) is 8.35. The van der Waals surface area contributed by atoms with Crippen LogP contribution in [0.25, 0.3) is 0 Å². The maximum Gasteiger partial charge on any atom is 0.119 e. The van der Waals surface area contributed by atoms with Gasteiger partial charge in [0.1, 0.15) is 5.75 Å². The first-order valence-corrected chi connectivity index (χ1v) is 10.5. The van der Waals surface area contributed by atoms with Crippen LogP contribution in [-0.4, -0.2) is 32.3 Å². The van der Waals surface area contributed by atoms with Crippen LogP contribution in [0.3, 0.4) is 0 Å². The van der Waals surface area contributed by atoms with E-state index in [0.717, 1.165) is 12.4 Å². The molecule has 2 aromatic rings. The van der Waals surface area contributed by atoms with Crippen molar-refractivity contribution in [1.82, 2.24) is 5.32 Å². The molecule has 1 heterocycles. The minimum absolute atomic E-state index is 0.186. The van der Waals surface area contributed by atoms with Crippen LogP contribution in [0.2, 0.25) is 0 Å². The molecule has 2 atom stereocenters. The SMILES string of the molecule is CC(C)COc1cccc(C(NC(C)C[NH+]2CCCC2)c2ccccc2)c1. The Balaban J connectivity index is 1.76. The predicted molar refractivity (Wildman–Crippen MR) is 112 cm³/mol. The van der Waals surface area contributed by atoms with Crippen LogP contribution in [-0.2, 0) is 0 Å². The van der Waals surface area contributed by atoms with Crippen molar-refractivity contribution in [2.24, 2.45) is 5.92 Å². The summed E-state index contributed by atoms with van der Waals surface area (Å²) < 4.78 is 5.97. The number of rotatable bonds is 9. The molecule has 0 aromatic heterocycles. The van der Waals surface area contributed by atoms with Crippen molar-refractivity contribution in [2.45, 2.75) is 45.7 Å². The maximum absolute atomic E-state index is 5.97. The van der Waals surface area contributed by atoms with Crippen molar-refractivity contribution in [3.8, 4) is 5.75 Å². The second kappa shape index (κ2) is 9.91. The first-order valence-electron chi connectivity index (χ1n) is 10.5. The normalized spacial score (nSPS) is 17.2. The summed E-state index contributed by atoms with van der Waals surface area (Å²) in [6.07, 6.45) is 2.75. The summed E-state index contributed by atoms with van der Waals surface area (Å²) in [7, 11) is 0. The van der Waals surface area contributed by atoms with Gasteiger partial charge in [0.2, 0.25) is 0 Å². The fourth-order valence-electron chi connectivity index (χ4n) is 3.93.